The Balaban J connectivity index is 1.97. The van der Waals surface area contributed by atoms with Crippen molar-refractivity contribution in [2.24, 2.45) is 0 Å². The van der Waals surface area contributed by atoms with E-state index in [9.17, 15) is 9.59 Å². The van der Waals surface area contributed by atoms with Gasteiger partial charge in [-0.15, -0.1) is 0 Å². The summed E-state index contributed by atoms with van der Waals surface area (Å²) in [7, 11) is 1.65. The lowest BCUT2D eigenvalue weighted by Gasteiger charge is -2.33. The molecule has 0 aliphatic carbocycles. The van der Waals surface area contributed by atoms with E-state index in [-0.39, 0.29) is 11.9 Å². The molecule has 1 atom stereocenters. The summed E-state index contributed by atoms with van der Waals surface area (Å²) < 4.78 is 0.938. The second kappa shape index (κ2) is 7.11. The number of nitrogens with one attached hydrogen (secondary N) is 2. The average Bonchev–Trinajstić information content (AvgIpc) is 2.62. The van der Waals surface area contributed by atoms with E-state index in [2.05, 4.69) is 26.6 Å². The maximum Gasteiger partial charge on any atom is 0.322 e. The Morgan fingerprint density at radius 3 is 2.40 bits per heavy atom. The van der Waals surface area contributed by atoms with Crippen molar-refractivity contribution in [3.63, 3.8) is 0 Å². The van der Waals surface area contributed by atoms with E-state index in [0.717, 1.165) is 10.0 Å². The van der Waals surface area contributed by atoms with Crippen molar-refractivity contribution >= 4 is 33.6 Å². The van der Waals surface area contributed by atoms with Gasteiger partial charge in [0.1, 0.15) is 0 Å². The van der Waals surface area contributed by atoms with Crippen molar-refractivity contribution in [2.75, 3.05) is 12.4 Å². The molecule has 3 amide bonds. The monoisotopic (exact) mass is 399 g/mol. The van der Waals surface area contributed by atoms with Gasteiger partial charge in [0.2, 0.25) is 0 Å². The fourth-order valence-corrected chi connectivity index (χ4v) is 3.02. The third-order valence-corrected chi connectivity index (χ3v) is 4.76. The molecule has 0 saturated carbocycles. The molecule has 0 spiro atoms. The summed E-state index contributed by atoms with van der Waals surface area (Å²) in [4.78, 5) is 26.6. The van der Waals surface area contributed by atoms with E-state index in [4.69, 9.17) is 0 Å². The van der Waals surface area contributed by atoms with Gasteiger partial charge in [-0.05, 0) is 36.8 Å². The van der Waals surface area contributed by atoms with Crippen molar-refractivity contribution in [2.45, 2.75) is 13.0 Å². The number of carbonyl (C=O) groups is 2. The number of nitrogens with zero attached hydrogens (tertiary/aromatic N) is 1. The van der Waals surface area contributed by atoms with Gasteiger partial charge in [0.05, 0.1) is 11.6 Å². The number of amides is 3. The van der Waals surface area contributed by atoms with Gasteiger partial charge in [0.25, 0.3) is 5.91 Å². The van der Waals surface area contributed by atoms with Gasteiger partial charge < -0.3 is 15.5 Å². The van der Waals surface area contributed by atoms with Gasteiger partial charge in [-0.25, -0.2) is 4.79 Å². The zero-order valence-electron chi connectivity index (χ0n) is 13.9. The molecule has 25 heavy (non-hydrogen) atoms. The average molecular weight is 400 g/mol. The highest BCUT2D eigenvalue weighted by Gasteiger charge is 2.33. The molecule has 1 aliphatic rings. The number of allylic oxidation sites excluding steroid dienone is 1. The molecule has 1 aliphatic heterocycles. The van der Waals surface area contributed by atoms with Crippen molar-refractivity contribution in [3.05, 3.63) is 75.9 Å². The molecular formula is C19H18BrN3O2. The second-order valence-corrected chi connectivity index (χ2v) is 6.73. The SMILES string of the molecule is CC1=C(C(=O)Nc2ccc(Br)cc2)[C@H](c2ccccc2)NC(=O)N1C. The number of rotatable bonds is 3. The van der Waals surface area contributed by atoms with E-state index in [1.807, 2.05) is 54.6 Å². The van der Waals surface area contributed by atoms with E-state index < -0.39 is 6.04 Å². The first kappa shape index (κ1) is 17.2. The molecule has 0 radical (unpaired) electrons. The fourth-order valence-electron chi connectivity index (χ4n) is 2.76. The van der Waals surface area contributed by atoms with Crippen LogP contribution in [0.5, 0.6) is 0 Å². The Bertz CT molecular complexity index is 832. The van der Waals surface area contributed by atoms with Gasteiger partial charge >= 0.3 is 6.03 Å². The number of urea groups is 1. The van der Waals surface area contributed by atoms with Gasteiger partial charge in [-0.3, -0.25) is 4.79 Å². The van der Waals surface area contributed by atoms with Crippen LogP contribution in [0.3, 0.4) is 0 Å². The summed E-state index contributed by atoms with van der Waals surface area (Å²) in [6, 6.07) is 16.1. The molecule has 0 bridgehead atoms. The minimum absolute atomic E-state index is 0.230. The molecule has 5 nitrogen and oxygen atoms in total. The molecular weight excluding hydrogens is 382 g/mol. The quantitative estimate of drug-likeness (QED) is 0.817. The Kier molecular flexibility index (Phi) is 4.90. The number of benzene rings is 2. The largest absolute Gasteiger partial charge is 0.327 e. The summed E-state index contributed by atoms with van der Waals surface area (Å²) in [5.74, 6) is -0.236. The minimum Gasteiger partial charge on any atom is -0.327 e. The van der Waals surface area contributed by atoms with Crippen LogP contribution in [-0.4, -0.2) is 23.9 Å². The van der Waals surface area contributed by atoms with Gasteiger partial charge in [-0.1, -0.05) is 46.3 Å². The molecule has 2 aromatic rings. The zero-order chi connectivity index (χ0) is 18.0. The van der Waals surface area contributed by atoms with Crippen molar-refractivity contribution < 1.29 is 9.59 Å². The van der Waals surface area contributed by atoms with E-state index in [0.29, 0.717) is 17.0 Å². The summed E-state index contributed by atoms with van der Waals surface area (Å²) >= 11 is 3.38. The number of anilines is 1. The molecule has 0 unspecified atom stereocenters. The second-order valence-electron chi connectivity index (χ2n) is 5.81. The smallest absolute Gasteiger partial charge is 0.322 e. The van der Waals surface area contributed by atoms with E-state index >= 15 is 0 Å². The van der Waals surface area contributed by atoms with Gasteiger partial charge in [0.15, 0.2) is 0 Å². The molecule has 3 rings (SSSR count). The molecule has 2 N–H and O–H groups in total. The predicted molar refractivity (Wildman–Crippen MR) is 101 cm³/mol. The fraction of sp³-hybridized carbons (Fsp3) is 0.158. The summed E-state index contributed by atoms with van der Waals surface area (Å²) in [5, 5.41) is 5.81. The molecule has 0 fully saturated rings. The van der Waals surface area contributed by atoms with Crippen LogP contribution in [0.15, 0.2) is 70.3 Å². The maximum atomic E-state index is 12.9. The molecule has 2 aromatic carbocycles. The van der Waals surface area contributed by atoms with Crippen molar-refractivity contribution in [1.29, 1.82) is 0 Å². The highest BCUT2D eigenvalue weighted by Crippen LogP contribution is 2.30. The Morgan fingerprint density at radius 2 is 1.76 bits per heavy atom. The van der Waals surface area contributed by atoms with Crippen molar-refractivity contribution in [3.8, 4) is 0 Å². The topological polar surface area (TPSA) is 61.4 Å². The highest BCUT2D eigenvalue weighted by atomic mass is 79.9. The van der Waals surface area contributed by atoms with Crippen LogP contribution in [0.2, 0.25) is 0 Å². The third kappa shape index (κ3) is 3.58. The standard InChI is InChI=1S/C19H18BrN3O2/c1-12-16(18(24)21-15-10-8-14(20)9-11-15)17(22-19(25)23(12)2)13-6-4-3-5-7-13/h3-11,17H,1-2H3,(H,21,24)(H,22,25)/t17-/m0/s1. The summed E-state index contributed by atoms with van der Waals surface area (Å²) in [6.07, 6.45) is 0. The van der Waals surface area contributed by atoms with Crippen LogP contribution in [0.25, 0.3) is 0 Å². The number of carbonyl (C=O) groups excluding carboxylic acids is 2. The van der Waals surface area contributed by atoms with Crippen molar-refractivity contribution in [1.82, 2.24) is 10.2 Å². The number of halogens is 1. The summed E-state index contributed by atoms with van der Waals surface area (Å²) in [5.41, 5.74) is 2.72. The lowest BCUT2D eigenvalue weighted by atomic mass is 9.94. The summed E-state index contributed by atoms with van der Waals surface area (Å²) in [6.45, 7) is 1.78. The molecule has 0 aromatic heterocycles. The molecule has 0 saturated heterocycles. The Labute approximate surface area is 154 Å². The minimum atomic E-state index is -0.486. The maximum absolute atomic E-state index is 12.9. The van der Waals surface area contributed by atoms with Crippen LogP contribution in [-0.2, 0) is 4.79 Å². The van der Waals surface area contributed by atoms with E-state index in [1.165, 1.54) is 4.90 Å². The number of hydrogen-bond acceptors (Lipinski definition) is 2. The first-order valence-corrected chi connectivity index (χ1v) is 8.63. The van der Waals surface area contributed by atoms with Gasteiger partial charge in [-0.2, -0.15) is 0 Å². The Hall–Kier alpha value is -2.60. The van der Waals surface area contributed by atoms with Crippen LogP contribution in [0.4, 0.5) is 10.5 Å². The first-order chi connectivity index (χ1) is 12.0. The van der Waals surface area contributed by atoms with Gasteiger partial charge in [0, 0.05) is 22.9 Å². The normalized spacial score (nSPS) is 17.3. The predicted octanol–water partition coefficient (Wildman–Crippen LogP) is 4.06. The molecule has 6 heteroatoms. The van der Waals surface area contributed by atoms with E-state index in [1.54, 1.807) is 14.0 Å². The zero-order valence-corrected chi connectivity index (χ0v) is 15.5. The number of hydrogen-bond donors (Lipinski definition) is 2. The lowest BCUT2D eigenvalue weighted by Crippen LogP contribution is -2.46. The van der Waals surface area contributed by atoms with Crippen LogP contribution >= 0.6 is 15.9 Å². The van der Waals surface area contributed by atoms with Crippen LogP contribution in [0, 0.1) is 0 Å². The first-order valence-electron chi connectivity index (χ1n) is 7.84. The van der Waals surface area contributed by atoms with Crippen LogP contribution in [0.1, 0.15) is 18.5 Å². The Morgan fingerprint density at radius 1 is 1.12 bits per heavy atom. The molecule has 1 heterocycles. The molecule has 128 valence electrons. The third-order valence-electron chi connectivity index (χ3n) is 4.23. The van der Waals surface area contributed by atoms with Crippen LogP contribution < -0.4 is 10.6 Å². The lowest BCUT2D eigenvalue weighted by molar-refractivity contribution is -0.113. The highest BCUT2D eigenvalue weighted by molar-refractivity contribution is 9.10.